The predicted molar refractivity (Wildman–Crippen MR) is 117 cm³/mol. The van der Waals surface area contributed by atoms with Crippen molar-refractivity contribution in [1.29, 1.82) is 0 Å². The fourth-order valence-corrected chi connectivity index (χ4v) is 5.14. The number of nitrogens with zero attached hydrogens (tertiary/aromatic N) is 2. The summed E-state index contributed by atoms with van der Waals surface area (Å²) in [4.78, 5) is 30.0. The molecule has 2 aromatic rings. The number of nitrogens with one attached hydrogen (secondary N) is 2. The smallest absolute Gasteiger partial charge is 0.387 e. The number of hydrogen-bond donors (Lipinski definition) is 3. The molecule has 11 heteroatoms. The highest BCUT2D eigenvalue weighted by molar-refractivity contribution is 5.99. The maximum absolute atomic E-state index is 14.1. The molecule has 7 nitrogen and oxygen atoms in total. The number of rotatable bonds is 4. The largest absolute Gasteiger partial charge is 0.410 e. The summed E-state index contributed by atoms with van der Waals surface area (Å²) >= 11 is 0. The van der Waals surface area contributed by atoms with Crippen molar-refractivity contribution in [2.75, 3.05) is 26.2 Å². The first-order chi connectivity index (χ1) is 16.1. The highest BCUT2D eigenvalue weighted by Crippen LogP contribution is 2.32. The van der Waals surface area contributed by atoms with E-state index >= 15 is 0 Å². The molecule has 1 saturated heterocycles. The van der Waals surface area contributed by atoms with Crippen LogP contribution >= 0.6 is 0 Å². The number of fused-ring (bicyclic) bond motifs is 1. The Labute approximate surface area is 194 Å². The van der Waals surface area contributed by atoms with Gasteiger partial charge in [-0.2, -0.15) is 13.2 Å². The number of H-pyrrole nitrogens is 1. The van der Waals surface area contributed by atoms with E-state index in [0.29, 0.717) is 35.1 Å². The zero-order chi connectivity index (χ0) is 24.6. The van der Waals surface area contributed by atoms with Crippen molar-refractivity contribution in [1.82, 2.24) is 20.1 Å². The van der Waals surface area contributed by atoms with Gasteiger partial charge in [0.1, 0.15) is 24.2 Å². The van der Waals surface area contributed by atoms with E-state index in [1.165, 1.54) is 12.1 Å². The minimum absolute atomic E-state index is 0.114. The maximum Gasteiger partial charge on any atom is 0.410 e. The van der Waals surface area contributed by atoms with E-state index in [-0.39, 0.29) is 43.3 Å². The Morgan fingerprint density at radius 3 is 2.68 bits per heavy atom. The first kappa shape index (κ1) is 24.5. The lowest BCUT2D eigenvalue weighted by molar-refractivity contribution is -0.204. The maximum atomic E-state index is 14.1. The zero-order valence-electron chi connectivity index (χ0n) is 18.8. The third-order valence-electron chi connectivity index (χ3n) is 6.94. The number of alkyl halides is 3. The SMILES string of the molecule is Cc1ccc(F)c2cc(C(=O)N[C@@H]3CCC[C@H](N4CCN(C(=O)CO)C(C(F)(F)F)C4)C3)[nH]c12. The normalized spacial score (nSPS) is 24.4. The van der Waals surface area contributed by atoms with Crippen molar-refractivity contribution in [3.8, 4) is 0 Å². The average molecular weight is 484 g/mol. The Kier molecular flexibility index (Phi) is 6.86. The summed E-state index contributed by atoms with van der Waals surface area (Å²) < 4.78 is 55.0. The molecule has 3 N–H and O–H groups in total. The van der Waals surface area contributed by atoms with E-state index in [1.807, 2.05) is 6.92 Å². The molecule has 3 atom stereocenters. The quantitative estimate of drug-likeness (QED) is 0.583. The number of aliphatic hydroxyl groups is 1. The van der Waals surface area contributed by atoms with Crippen molar-refractivity contribution in [3.05, 3.63) is 35.3 Å². The number of carbonyl (C=O) groups excluding carboxylic acids is 2. The summed E-state index contributed by atoms with van der Waals surface area (Å²) in [5, 5.41) is 12.3. The standard InChI is InChI=1S/C23H28F4N4O3/c1-13-5-6-17(24)16-10-18(29-21(13)16)22(34)28-14-3-2-4-15(9-14)30-7-8-31(20(33)12-32)19(11-30)23(25,26)27/h5-6,10,14-15,19,29,32H,2-4,7-9,11-12H2,1H3,(H,28,34)/t14-,15+,19?/m1/s1. The second-order valence-corrected chi connectivity index (χ2v) is 9.12. The molecule has 186 valence electrons. The van der Waals surface area contributed by atoms with Crippen LogP contribution in [0, 0.1) is 12.7 Å². The lowest BCUT2D eigenvalue weighted by Crippen LogP contribution is -2.63. The molecular formula is C23H28F4N4O3. The summed E-state index contributed by atoms with van der Waals surface area (Å²) in [5.41, 5.74) is 1.60. The molecule has 0 spiro atoms. The van der Waals surface area contributed by atoms with Gasteiger partial charge in [-0.25, -0.2) is 4.39 Å². The summed E-state index contributed by atoms with van der Waals surface area (Å²) in [7, 11) is 0. The lowest BCUT2D eigenvalue weighted by Gasteiger charge is -2.46. The second-order valence-electron chi connectivity index (χ2n) is 9.12. The van der Waals surface area contributed by atoms with Crippen LogP contribution in [0.15, 0.2) is 18.2 Å². The van der Waals surface area contributed by atoms with Crippen molar-refractivity contribution >= 4 is 22.7 Å². The molecule has 2 aliphatic rings. The molecule has 34 heavy (non-hydrogen) atoms. The van der Waals surface area contributed by atoms with Gasteiger partial charge in [0.15, 0.2) is 0 Å². The molecule has 1 aliphatic heterocycles. The van der Waals surface area contributed by atoms with Crippen LogP contribution < -0.4 is 5.32 Å². The third kappa shape index (κ3) is 4.90. The first-order valence-electron chi connectivity index (χ1n) is 11.4. The zero-order valence-corrected chi connectivity index (χ0v) is 18.8. The van der Waals surface area contributed by atoms with Gasteiger partial charge in [-0.05, 0) is 50.3 Å². The minimum Gasteiger partial charge on any atom is -0.387 e. The van der Waals surface area contributed by atoms with Gasteiger partial charge in [0, 0.05) is 37.1 Å². The van der Waals surface area contributed by atoms with Crippen LogP contribution in [0.5, 0.6) is 0 Å². The van der Waals surface area contributed by atoms with Crippen molar-refractivity contribution in [3.63, 3.8) is 0 Å². The predicted octanol–water partition coefficient (Wildman–Crippen LogP) is 2.72. The molecule has 1 saturated carbocycles. The third-order valence-corrected chi connectivity index (χ3v) is 6.94. The first-order valence-corrected chi connectivity index (χ1v) is 11.4. The van der Waals surface area contributed by atoms with Crippen molar-refractivity contribution < 1.29 is 32.3 Å². The Morgan fingerprint density at radius 2 is 2.00 bits per heavy atom. The minimum atomic E-state index is -4.60. The lowest BCUT2D eigenvalue weighted by atomic mass is 9.89. The van der Waals surface area contributed by atoms with Crippen LogP contribution in [0.2, 0.25) is 0 Å². The summed E-state index contributed by atoms with van der Waals surface area (Å²) in [6.45, 7) is 0.650. The van der Waals surface area contributed by atoms with Crippen LogP contribution in [-0.4, -0.2) is 82.2 Å². The number of hydrogen-bond acceptors (Lipinski definition) is 4. The van der Waals surface area contributed by atoms with Gasteiger partial charge < -0.3 is 20.3 Å². The van der Waals surface area contributed by atoms with E-state index in [2.05, 4.69) is 10.3 Å². The Morgan fingerprint density at radius 1 is 1.24 bits per heavy atom. The molecule has 2 amide bonds. The summed E-state index contributed by atoms with van der Waals surface area (Å²) in [6.07, 6.45) is -1.99. The van der Waals surface area contributed by atoms with Gasteiger partial charge >= 0.3 is 6.18 Å². The van der Waals surface area contributed by atoms with Crippen LogP contribution in [0.1, 0.15) is 41.7 Å². The van der Waals surface area contributed by atoms with Crippen LogP contribution in [0.25, 0.3) is 10.9 Å². The number of aryl methyl sites for hydroxylation is 1. The highest BCUT2D eigenvalue weighted by atomic mass is 19.4. The molecule has 1 unspecified atom stereocenters. The summed E-state index contributed by atoms with van der Waals surface area (Å²) in [6, 6.07) is 2.08. The van der Waals surface area contributed by atoms with E-state index in [1.54, 1.807) is 11.0 Å². The van der Waals surface area contributed by atoms with Gasteiger partial charge in [0.25, 0.3) is 5.91 Å². The number of aliphatic hydroxyl groups excluding tert-OH is 1. The van der Waals surface area contributed by atoms with Gasteiger partial charge in [-0.3, -0.25) is 14.5 Å². The van der Waals surface area contributed by atoms with Crippen LogP contribution in [0.4, 0.5) is 17.6 Å². The fourth-order valence-electron chi connectivity index (χ4n) is 5.14. The highest BCUT2D eigenvalue weighted by Gasteiger charge is 2.49. The van der Waals surface area contributed by atoms with Gasteiger partial charge in [0.2, 0.25) is 5.91 Å². The van der Waals surface area contributed by atoms with Gasteiger partial charge in [0.05, 0.1) is 5.52 Å². The molecule has 2 fully saturated rings. The van der Waals surface area contributed by atoms with E-state index in [9.17, 15) is 27.2 Å². The Hall–Kier alpha value is -2.66. The molecule has 1 aliphatic carbocycles. The number of carbonyl (C=O) groups is 2. The number of benzene rings is 1. The van der Waals surface area contributed by atoms with Crippen LogP contribution in [0.3, 0.4) is 0 Å². The van der Waals surface area contributed by atoms with Crippen LogP contribution in [-0.2, 0) is 4.79 Å². The monoisotopic (exact) mass is 484 g/mol. The van der Waals surface area contributed by atoms with E-state index in [0.717, 1.165) is 12.0 Å². The van der Waals surface area contributed by atoms with E-state index in [4.69, 9.17) is 5.11 Å². The molecular weight excluding hydrogens is 456 g/mol. The molecule has 0 radical (unpaired) electrons. The number of halogens is 4. The number of aromatic amines is 1. The summed E-state index contributed by atoms with van der Waals surface area (Å²) in [5.74, 6) is -1.74. The second kappa shape index (κ2) is 9.53. The average Bonchev–Trinajstić information content (AvgIpc) is 3.27. The number of aromatic nitrogens is 1. The molecule has 0 bridgehead atoms. The molecule has 4 rings (SSSR count). The van der Waals surface area contributed by atoms with E-state index < -0.39 is 30.5 Å². The van der Waals surface area contributed by atoms with Crippen molar-refractivity contribution in [2.24, 2.45) is 0 Å². The number of amides is 2. The van der Waals surface area contributed by atoms with Gasteiger partial charge in [-0.15, -0.1) is 0 Å². The molecule has 1 aromatic heterocycles. The topological polar surface area (TPSA) is 88.7 Å². The number of piperazine rings is 1. The van der Waals surface area contributed by atoms with Gasteiger partial charge in [-0.1, -0.05) is 6.07 Å². The van der Waals surface area contributed by atoms with Crippen molar-refractivity contribution in [2.45, 2.75) is 56.9 Å². The fraction of sp³-hybridized carbons (Fsp3) is 0.565. The molecule has 2 heterocycles. The Bertz CT molecular complexity index is 1030. The molecule has 1 aromatic carbocycles. The Balaban J connectivity index is 1.42.